The summed E-state index contributed by atoms with van der Waals surface area (Å²) in [5.41, 5.74) is 1.55. The Labute approximate surface area is 161 Å². The smallest absolute Gasteiger partial charge is 0.186 e. The number of aryl methyl sites for hydroxylation is 1. The molecule has 0 N–H and O–H groups in total. The number of benzene rings is 2. The molecule has 0 fully saturated rings. The van der Waals surface area contributed by atoms with E-state index >= 15 is 0 Å². The molecule has 2 aromatic carbocycles. The first-order valence-corrected chi connectivity index (χ1v) is 10.7. The molecule has 1 heterocycles. The van der Waals surface area contributed by atoms with Crippen molar-refractivity contribution in [3.05, 3.63) is 81.8 Å². The Bertz CT molecular complexity index is 1110. The Morgan fingerprint density at radius 3 is 2.56 bits per heavy atom. The van der Waals surface area contributed by atoms with Crippen molar-refractivity contribution < 1.29 is 13.2 Å². The molecule has 0 saturated heterocycles. The Balaban J connectivity index is 1.87. The molecule has 3 rings (SSSR count). The second-order valence-corrected chi connectivity index (χ2v) is 8.91. The minimum Gasteiger partial charge on any atom is -0.292 e. The summed E-state index contributed by atoms with van der Waals surface area (Å²) in [5, 5.41) is 11.7. The van der Waals surface area contributed by atoms with Crippen LogP contribution in [0.3, 0.4) is 0 Å². The lowest BCUT2D eigenvalue weighted by atomic mass is 9.98. The highest BCUT2D eigenvalue weighted by molar-refractivity contribution is 7.90. The number of nitriles is 1. The molecule has 1 aromatic heterocycles. The maximum Gasteiger partial charge on any atom is 0.186 e. The molecule has 0 amide bonds. The average Bonchev–Trinajstić information content (AvgIpc) is 3.09. The van der Waals surface area contributed by atoms with Crippen LogP contribution in [0.1, 0.15) is 32.5 Å². The Morgan fingerprint density at radius 2 is 1.93 bits per heavy atom. The van der Waals surface area contributed by atoms with Gasteiger partial charge in [-0.05, 0) is 30.7 Å². The van der Waals surface area contributed by atoms with Gasteiger partial charge >= 0.3 is 0 Å². The van der Waals surface area contributed by atoms with Crippen molar-refractivity contribution in [2.24, 2.45) is 0 Å². The highest BCUT2D eigenvalue weighted by atomic mass is 32.2. The van der Waals surface area contributed by atoms with Crippen molar-refractivity contribution in [3.8, 4) is 6.07 Å². The van der Waals surface area contributed by atoms with Gasteiger partial charge in [-0.25, -0.2) is 13.4 Å². The van der Waals surface area contributed by atoms with E-state index in [4.69, 9.17) is 0 Å². The minimum absolute atomic E-state index is 0.217. The summed E-state index contributed by atoms with van der Waals surface area (Å²) in [4.78, 5) is 17.2. The summed E-state index contributed by atoms with van der Waals surface area (Å²) < 4.78 is 25.1. The fraction of sp³-hybridized carbons (Fsp3) is 0.150. The minimum atomic E-state index is -3.52. The standard InChI is InChI=1S/C20H16N2O3S2/c1-14-12-26-20(22-14)18(11-21)19(23)16-7-5-6-15(10-16)13-27(24,25)17-8-3-2-4-9-17/h2-10,12,18H,13H2,1H3. The fourth-order valence-electron chi connectivity index (χ4n) is 2.64. The van der Waals surface area contributed by atoms with E-state index in [0.29, 0.717) is 16.1 Å². The molecule has 0 bridgehead atoms. The van der Waals surface area contributed by atoms with Crippen molar-refractivity contribution in [2.75, 3.05) is 0 Å². The second kappa shape index (κ2) is 7.82. The van der Waals surface area contributed by atoms with Gasteiger partial charge < -0.3 is 0 Å². The van der Waals surface area contributed by atoms with E-state index in [0.717, 1.165) is 5.69 Å². The van der Waals surface area contributed by atoms with Crippen molar-refractivity contribution in [3.63, 3.8) is 0 Å². The SMILES string of the molecule is Cc1csc(C(C#N)C(=O)c2cccc(CS(=O)(=O)c3ccccc3)c2)n1. The molecular weight excluding hydrogens is 380 g/mol. The molecule has 0 aliphatic carbocycles. The zero-order valence-electron chi connectivity index (χ0n) is 14.5. The van der Waals surface area contributed by atoms with Gasteiger partial charge in [0, 0.05) is 16.6 Å². The number of Topliss-reactive ketones (excluding diaryl/α,β-unsaturated/α-hetero) is 1. The van der Waals surface area contributed by atoms with Gasteiger partial charge in [0.1, 0.15) is 5.01 Å². The van der Waals surface area contributed by atoms with Crippen molar-refractivity contribution in [1.29, 1.82) is 5.26 Å². The summed E-state index contributed by atoms with van der Waals surface area (Å²) >= 11 is 1.27. The third-order valence-corrected chi connectivity index (χ3v) is 6.68. The third kappa shape index (κ3) is 4.30. The molecule has 27 heavy (non-hydrogen) atoms. The van der Waals surface area contributed by atoms with E-state index in [1.54, 1.807) is 60.8 Å². The number of aromatic nitrogens is 1. The normalized spacial score (nSPS) is 12.3. The van der Waals surface area contributed by atoms with Gasteiger partial charge in [-0.2, -0.15) is 5.26 Å². The van der Waals surface area contributed by atoms with E-state index in [1.807, 2.05) is 6.07 Å². The average molecular weight is 396 g/mol. The number of hydrogen-bond donors (Lipinski definition) is 0. The molecule has 0 saturated carbocycles. The number of thiazole rings is 1. The van der Waals surface area contributed by atoms with Gasteiger partial charge in [-0.15, -0.1) is 11.3 Å². The maximum atomic E-state index is 12.8. The number of carbonyl (C=O) groups is 1. The van der Waals surface area contributed by atoms with Crippen molar-refractivity contribution in [1.82, 2.24) is 4.98 Å². The number of carbonyl (C=O) groups excluding carboxylic acids is 1. The topological polar surface area (TPSA) is 87.9 Å². The molecule has 0 spiro atoms. The Morgan fingerprint density at radius 1 is 1.19 bits per heavy atom. The van der Waals surface area contributed by atoms with Crippen LogP contribution >= 0.6 is 11.3 Å². The highest BCUT2D eigenvalue weighted by Crippen LogP contribution is 2.25. The third-order valence-electron chi connectivity index (χ3n) is 3.95. The predicted molar refractivity (Wildman–Crippen MR) is 103 cm³/mol. The number of nitrogens with zero attached hydrogens (tertiary/aromatic N) is 2. The molecule has 0 radical (unpaired) electrons. The van der Waals surface area contributed by atoms with Crippen molar-refractivity contribution >= 4 is 27.0 Å². The van der Waals surface area contributed by atoms with Gasteiger partial charge in [0.2, 0.25) is 0 Å². The van der Waals surface area contributed by atoms with Gasteiger partial charge in [0.05, 0.1) is 16.7 Å². The summed E-state index contributed by atoms with van der Waals surface area (Å²) in [5.74, 6) is -1.60. The van der Waals surface area contributed by atoms with Gasteiger partial charge in [0.25, 0.3) is 0 Å². The molecule has 136 valence electrons. The van der Waals surface area contributed by atoms with Crippen LogP contribution in [0, 0.1) is 18.3 Å². The number of rotatable bonds is 6. The molecular formula is C20H16N2O3S2. The van der Waals surface area contributed by atoms with Crippen LogP contribution in [0.4, 0.5) is 0 Å². The van der Waals surface area contributed by atoms with Crippen LogP contribution < -0.4 is 0 Å². The van der Waals surface area contributed by atoms with Crippen LogP contribution in [0.5, 0.6) is 0 Å². The van der Waals surface area contributed by atoms with E-state index < -0.39 is 15.8 Å². The molecule has 0 aliphatic rings. The summed E-state index contributed by atoms with van der Waals surface area (Å²) in [6.45, 7) is 1.80. The quantitative estimate of drug-likeness (QED) is 0.589. The molecule has 1 unspecified atom stereocenters. The van der Waals surface area contributed by atoms with Gasteiger partial charge in [0.15, 0.2) is 21.5 Å². The lowest BCUT2D eigenvalue weighted by Crippen LogP contribution is -2.12. The van der Waals surface area contributed by atoms with E-state index in [9.17, 15) is 18.5 Å². The number of sulfone groups is 1. The largest absolute Gasteiger partial charge is 0.292 e. The lowest BCUT2D eigenvalue weighted by Gasteiger charge is -2.08. The van der Waals surface area contributed by atoms with Gasteiger partial charge in [-0.1, -0.05) is 36.4 Å². The molecule has 0 aliphatic heterocycles. The summed E-state index contributed by atoms with van der Waals surface area (Å²) in [7, 11) is -3.52. The first-order valence-electron chi connectivity index (χ1n) is 8.13. The van der Waals surface area contributed by atoms with Crippen LogP contribution in [0.2, 0.25) is 0 Å². The van der Waals surface area contributed by atoms with Crippen LogP contribution in [0.15, 0.2) is 64.9 Å². The van der Waals surface area contributed by atoms with Crippen molar-refractivity contribution in [2.45, 2.75) is 23.5 Å². The fourth-order valence-corrected chi connectivity index (χ4v) is 4.84. The van der Waals surface area contributed by atoms with Crippen LogP contribution in [-0.2, 0) is 15.6 Å². The van der Waals surface area contributed by atoms with Crippen LogP contribution in [-0.4, -0.2) is 19.2 Å². The van der Waals surface area contributed by atoms with E-state index in [-0.39, 0.29) is 16.4 Å². The maximum absolute atomic E-state index is 12.8. The number of hydrogen-bond acceptors (Lipinski definition) is 6. The zero-order chi connectivity index (χ0) is 19.4. The summed E-state index contributed by atoms with van der Waals surface area (Å²) in [6.07, 6.45) is 0. The highest BCUT2D eigenvalue weighted by Gasteiger charge is 2.25. The Kier molecular flexibility index (Phi) is 5.49. The molecule has 3 aromatic rings. The number of ketones is 1. The molecule has 5 nitrogen and oxygen atoms in total. The first-order chi connectivity index (χ1) is 12.9. The van der Waals surface area contributed by atoms with Crippen LogP contribution in [0.25, 0.3) is 0 Å². The monoisotopic (exact) mass is 396 g/mol. The Hall–Kier alpha value is -2.82. The first kappa shape index (κ1) is 19.0. The van der Waals surface area contributed by atoms with E-state index in [1.165, 1.54) is 17.4 Å². The van der Waals surface area contributed by atoms with Gasteiger partial charge in [-0.3, -0.25) is 4.79 Å². The molecule has 7 heteroatoms. The second-order valence-electron chi connectivity index (χ2n) is 6.03. The predicted octanol–water partition coefficient (Wildman–Crippen LogP) is 3.92. The van der Waals surface area contributed by atoms with E-state index in [2.05, 4.69) is 4.98 Å². The zero-order valence-corrected chi connectivity index (χ0v) is 16.1. The summed E-state index contributed by atoms with van der Waals surface area (Å²) in [6, 6.07) is 16.6. The molecule has 1 atom stereocenters. The lowest BCUT2D eigenvalue weighted by molar-refractivity contribution is 0.0978.